The van der Waals surface area contributed by atoms with Crippen molar-refractivity contribution in [2.75, 3.05) is 16.4 Å². The van der Waals surface area contributed by atoms with Gasteiger partial charge in [0.05, 0.1) is 0 Å². The van der Waals surface area contributed by atoms with Crippen LogP contribution >= 0.6 is 0 Å². The fourth-order valence-electron chi connectivity index (χ4n) is 2.16. The highest BCUT2D eigenvalue weighted by atomic mass is 15.1. The molecule has 0 unspecified atom stereocenters. The van der Waals surface area contributed by atoms with Crippen molar-refractivity contribution in [3.63, 3.8) is 0 Å². The number of nitrogens with two attached hydrogens (primary N) is 1. The zero-order chi connectivity index (χ0) is 16.2. The molecular weight excluding hydrogens is 288 g/mol. The summed E-state index contributed by atoms with van der Waals surface area (Å²) in [6.45, 7) is 4.00. The standard InChI is InChI=1S/C17H18N6/c1-11-6-3-4-8-13(11)22-16-14(18)17(21-10-20-16)23-15-12(2)7-5-9-19-15/h3-10H,18H2,1-2H3,(H2,19,20,21,22,23). The van der Waals surface area contributed by atoms with Crippen LogP contribution in [-0.2, 0) is 0 Å². The van der Waals surface area contributed by atoms with Crippen LogP contribution < -0.4 is 16.4 Å². The van der Waals surface area contributed by atoms with Crippen LogP contribution in [0.15, 0.2) is 48.9 Å². The monoisotopic (exact) mass is 306 g/mol. The van der Waals surface area contributed by atoms with Gasteiger partial charge in [0.15, 0.2) is 11.6 Å². The largest absolute Gasteiger partial charge is 0.393 e. The Morgan fingerprint density at radius 1 is 0.783 bits per heavy atom. The van der Waals surface area contributed by atoms with E-state index in [0.717, 1.165) is 22.6 Å². The first kappa shape index (κ1) is 14.8. The van der Waals surface area contributed by atoms with E-state index in [1.807, 2.05) is 50.2 Å². The number of anilines is 5. The number of nitrogens with zero attached hydrogens (tertiary/aromatic N) is 3. The molecule has 0 amide bonds. The molecule has 0 saturated carbocycles. The number of hydrogen-bond donors (Lipinski definition) is 3. The second-order valence-electron chi connectivity index (χ2n) is 5.22. The zero-order valence-electron chi connectivity index (χ0n) is 13.0. The van der Waals surface area contributed by atoms with Gasteiger partial charge in [-0.15, -0.1) is 0 Å². The minimum atomic E-state index is 0.445. The van der Waals surface area contributed by atoms with Gasteiger partial charge in [0.1, 0.15) is 17.8 Å². The van der Waals surface area contributed by atoms with Crippen LogP contribution in [0.3, 0.4) is 0 Å². The van der Waals surface area contributed by atoms with E-state index in [4.69, 9.17) is 5.73 Å². The molecule has 0 fully saturated rings. The van der Waals surface area contributed by atoms with Gasteiger partial charge >= 0.3 is 0 Å². The highest BCUT2D eigenvalue weighted by Crippen LogP contribution is 2.29. The average molecular weight is 306 g/mol. The molecule has 0 aliphatic heterocycles. The first-order valence-corrected chi connectivity index (χ1v) is 7.27. The molecule has 0 saturated heterocycles. The Morgan fingerprint density at radius 3 is 2.22 bits per heavy atom. The fraction of sp³-hybridized carbons (Fsp3) is 0.118. The molecule has 1 aromatic carbocycles. The lowest BCUT2D eigenvalue weighted by atomic mass is 10.2. The van der Waals surface area contributed by atoms with Crippen LogP contribution in [0.4, 0.5) is 28.8 Å². The summed E-state index contributed by atoms with van der Waals surface area (Å²) in [6.07, 6.45) is 3.19. The predicted molar refractivity (Wildman–Crippen MR) is 93.2 cm³/mol. The van der Waals surface area contributed by atoms with Gasteiger partial charge in [-0.05, 0) is 37.1 Å². The molecule has 0 atom stereocenters. The summed E-state index contributed by atoms with van der Waals surface area (Å²) in [4.78, 5) is 12.7. The Bertz CT molecular complexity index is 765. The first-order valence-electron chi connectivity index (χ1n) is 7.27. The smallest absolute Gasteiger partial charge is 0.160 e. The van der Waals surface area contributed by atoms with E-state index < -0.39 is 0 Å². The average Bonchev–Trinajstić information content (AvgIpc) is 2.55. The number of para-hydroxylation sites is 1. The van der Waals surface area contributed by atoms with E-state index in [9.17, 15) is 0 Å². The maximum absolute atomic E-state index is 6.20. The van der Waals surface area contributed by atoms with E-state index in [1.165, 1.54) is 6.33 Å². The van der Waals surface area contributed by atoms with Gasteiger partial charge in [-0.3, -0.25) is 0 Å². The molecule has 23 heavy (non-hydrogen) atoms. The van der Waals surface area contributed by atoms with Crippen molar-refractivity contribution in [2.45, 2.75) is 13.8 Å². The third kappa shape index (κ3) is 3.21. The third-order valence-corrected chi connectivity index (χ3v) is 3.53. The van der Waals surface area contributed by atoms with Gasteiger partial charge < -0.3 is 16.4 Å². The Hall–Kier alpha value is -3.15. The lowest BCUT2D eigenvalue weighted by Gasteiger charge is -2.14. The fourth-order valence-corrected chi connectivity index (χ4v) is 2.16. The number of aromatic nitrogens is 3. The van der Waals surface area contributed by atoms with Gasteiger partial charge in [-0.25, -0.2) is 15.0 Å². The molecule has 3 aromatic rings. The second kappa shape index (κ2) is 6.31. The Kier molecular flexibility index (Phi) is 4.05. The summed E-state index contributed by atoms with van der Waals surface area (Å²) < 4.78 is 0. The van der Waals surface area contributed by atoms with Crippen LogP contribution in [0.2, 0.25) is 0 Å². The lowest BCUT2D eigenvalue weighted by Crippen LogP contribution is -2.06. The summed E-state index contributed by atoms with van der Waals surface area (Å²) in [5.41, 5.74) is 9.73. The summed E-state index contributed by atoms with van der Waals surface area (Å²) in [5.74, 6) is 1.81. The van der Waals surface area contributed by atoms with E-state index in [-0.39, 0.29) is 0 Å². The molecule has 6 heteroatoms. The van der Waals surface area contributed by atoms with Gasteiger partial charge in [0, 0.05) is 11.9 Å². The van der Waals surface area contributed by atoms with Gasteiger partial charge in [-0.2, -0.15) is 0 Å². The highest BCUT2D eigenvalue weighted by Gasteiger charge is 2.10. The Balaban J connectivity index is 1.90. The van der Waals surface area contributed by atoms with E-state index in [0.29, 0.717) is 17.3 Å². The summed E-state index contributed by atoms with van der Waals surface area (Å²) in [5, 5.41) is 6.40. The number of nitrogens with one attached hydrogen (secondary N) is 2. The van der Waals surface area contributed by atoms with Gasteiger partial charge in [0.25, 0.3) is 0 Å². The van der Waals surface area contributed by atoms with E-state index in [2.05, 4.69) is 25.6 Å². The van der Waals surface area contributed by atoms with Gasteiger partial charge in [-0.1, -0.05) is 24.3 Å². The van der Waals surface area contributed by atoms with Crippen molar-refractivity contribution in [1.82, 2.24) is 15.0 Å². The van der Waals surface area contributed by atoms with Crippen molar-refractivity contribution in [3.05, 3.63) is 60.0 Å². The Labute approximate surface area is 134 Å². The molecule has 0 spiro atoms. The molecule has 6 nitrogen and oxygen atoms in total. The van der Waals surface area contributed by atoms with Crippen molar-refractivity contribution in [3.8, 4) is 0 Å². The van der Waals surface area contributed by atoms with Crippen molar-refractivity contribution >= 4 is 28.8 Å². The van der Waals surface area contributed by atoms with Crippen molar-refractivity contribution < 1.29 is 0 Å². The predicted octanol–water partition coefficient (Wildman–Crippen LogP) is 3.56. The maximum Gasteiger partial charge on any atom is 0.160 e. The SMILES string of the molecule is Cc1ccccc1Nc1ncnc(Nc2ncccc2C)c1N. The molecule has 2 heterocycles. The highest BCUT2D eigenvalue weighted by molar-refractivity contribution is 5.80. The van der Waals surface area contributed by atoms with Crippen molar-refractivity contribution in [1.29, 1.82) is 0 Å². The van der Waals surface area contributed by atoms with Gasteiger partial charge in [0.2, 0.25) is 0 Å². The lowest BCUT2D eigenvalue weighted by molar-refractivity contribution is 1.15. The minimum Gasteiger partial charge on any atom is -0.393 e. The molecule has 116 valence electrons. The third-order valence-electron chi connectivity index (χ3n) is 3.53. The molecule has 0 radical (unpaired) electrons. The number of hydrogen-bond acceptors (Lipinski definition) is 6. The maximum atomic E-state index is 6.20. The number of nitrogen functional groups attached to an aromatic ring is 1. The first-order chi connectivity index (χ1) is 11.1. The van der Waals surface area contributed by atoms with Crippen LogP contribution in [-0.4, -0.2) is 15.0 Å². The minimum absolute atomic E-state index is 0.445. The normalized spacial score (nSPS) is 10.3. The summed E-state index contributed by atoms with van der Waals surface area (Å²) in [6, 6.07) is 11.8. The van der Waals surface area contributed by atoms with E-state index in [1.54, 1.807) is 6.20 Å². The Morgan fingerprint density at radius 2 is 1.48 bits per heavy atom. The van der Waals surface area contributed by atoms with Crippen molar-refractivity contribution in [2.24, 2.45) is 0 Å². The van der Waals surface area contributed by atoms with Crippen LogP contribution in [0.5, 0.6) is 0 Å². The zero-order valence-corrected chi connectivity index (χ0v) is 13.0. The summed E-state index contributed by atoms with van der Waals surface area (Å²) >= 11 is 0. The number of pyridine rings is 1. The number of benzene rings is 1. The van der Waals surface area contributed by atoms with Crippen LogP contribution in [0.1, 0.15) is 11.1 Å². The number of aryl methyl sites for hydroxylation is 2. The van der Waals surface area contributed by atoms with Crippen LogP contribution in [0, 0.1) is 13.8 Å². The molecule has 4 N–H and O–H groups in total. The van der Waals surface area contributed by atoms with E-state index >= 15 is 0 Å². The molecule has 0 aliphatic carbocycles. The molecular formula is C17H18N6. The quantitative estimate of drug-likeness (QED) is 0.683. The summed E-state index contributed by atoms with van der Waals surface area (Å²) in [7, 11) is 0. The second-order valence-corrected chi connectivity index (χ2v) is 5.22. The molecule has 0 aliphatic rings. The molecule has 2 aromatic heterocycles. The van der Waals surface area contributed by atoms with Crippen LogP contribution in [0.25, 0.3) is 0 Å². The molecule has 0 bridgehead atoms. The topological polar surface area (TPSA) is 88.8 Å². The molecule has 3 rings (SSSR count). The number of rotatable bonds is 4.